The molecule has 0 saturated heterocycles. The molecule has 11 heteroatoms. The smallest absolute Gasteiger partial charge is 0.417 e. The van der Waals surface area contributed by atoms with Crippen molar-refractivity contribution in [2.24, 2.45) is 0 Å². The number of aromatic nitrogens is 1. The molecule has 1 aromatic carbocycles. The normalized spacial score (nSPS) is 21.0. The third-order valence-electron chi connectivity index (χ3n) is 5.42. The molecular weight excluding hydrogens is 428 g/mol. The van der Waals surface area contributed by atoms with Crippen LogP contribution in [0.25, 0.3) is 0 Å². The highest BCUT2D eigenvalue weighted by atomic mass is 19.4. The Hall–Kier alpha value is -3.00. The molecule has 0 fully saturated rings. The first-order chi connectivity index (χ1) is 14.4. The average Bonchev–Trinajstić information content (AvgIpc) is 2.67. The van der Waals surface area contributed by atoms with Crippen LogP contribution in [0.4, 0.5) is 26.3 Å². The lowest BCUT2D eigenvalue weighted by molar-refractivity contribution is -0.138. The zero-order valence-electron chi connectivity index (χ0n) is 16.1. The SMILES string of the molecule is C[C@@]1(Cn2cc(C(F)(F)F)cc(OC(F)F)c2=N)CC[C@@H](O)c2c1ccc(C#N)c2F. The highest BCUT2D eigenvalue weighted by Gasteiger charge is 2.39. The lowest BCUT2D eigenvalue weighted by Crippen LogP contribution is -2.38. The number of aliphatic hydroxyl groups excluding tert-OH is 1. The van der Waals surface area contributed by atoms with E-state index >= 15 is 0 Å². The number of alkyl halides is 5. The number of hydrogen-bond donors (Lipinski definition) is 2. The topological polar surface area (TPSA) is 82.0 Å². The average molecular weight is 445 g/mol. The number of fused-ring (bicyclic) bond motifs is 1. The minimum Gasteiger partial charge on any atom is -0.431 e. The van der Waals surface area contributed by atoms with E-state index in [1.807, 2.05) is 0 Å². The zero-order chi connectivity index (χ0) is 23.1. The first-order valence-electron chi connectivity index (χ1n) is 9.09. The predicted octanol–water partition coefficient (Wildman–Crippen LogP) is 4.38. The molecule has 2 aromatic rings. The van der Waals surface area contributed by atoms with Crippen LogP contribution < -0.4 is 10.2 Å². The number of pyridine rings is 1. The number of nitrogens with zero attached hydrogens (tertiary/aromatic N) is 2. The van der Waals surface area contributed by atoms with E-state index in [2.05, 4.69) is 4.74 Å². The Morgan fingerprint density at radius 2 is 2.06 bits per heavy atom. The first kappa shape index (κ1) is 22.7. The molecular formula is C20H17F6N3O2. The van der Waals surface area contributed by atoms with Crippen molar-refractivity contribution in [3.63, 3.8) is 0 Å². The second-order valence-electron chi connectivity index (χ2n) is 7.56. The summed E-state index contributed by atoms with van der Waals surface area (Å²) in [6.07, 6.45) is -5.22. The van der Waals surface area contributed by atoms with Crippen molar-refractivity contribution in [2.45, 2.75) is 50.6 Å². The fourth-order valence-electron chi connectivity index (χ4n) is 3.89. The van der Waals surface area contributed by atoms with Gasteiger partial charge in [0.25, 0.3) is 0 Å². The molecule has 31 heavy (non-hydrogen) atoms. The van der Waals surface area contributed by atoms with Crippen LogP contribution in [0, 0.1) is 22.6 Å². The van der Waals surface area contributed by atoms with E-state index in [1.54, 1.807) is 13.0 Å². The van der Waals surface area contributed by atoms with Gasteiger partial charge in [-0.15, -0.1) is 0 Å². The van der Waals surface area contributed by atoms with Gasteiger partial charge in [-0.25, -0.2) is 4.39 Å². The number of nitrogens with one attached hydrogen (secondary N) is 1. The van der Waals surface area contributed by atoms with Gasteiger partial charge in [-0.2, -0.15) is 27.2 Å². The molecule has 0 spiro atoms. The Balaban J connectivity index is 2.15. The van der Waals surface area contributed by atoms with Crippen LogP contribution in [-0.4, -0.2) is 16.3 Å². The quantitative estimate of drug-likeness (QED) is 0.686. The van der Waals surface area contributed by atoms with Crippen LogP contribution in [0.1, 0.15) is 48.1 Å². The number of ether oxygens (including phenoxy) is 1. The molecule has 0 bridgehead atoms. The highest BCUT2D eigenvalue weighted by molar-refractivity contribution is 5.46. The van der Waals surface area contributed by atoms with Gasteiger partial charge in [0.15, 0.2) is 11.2 Å². The molecule has 1 heterocycles. The van der Waals surface area contributed by atoms with Crippen molar-refractivity contribution in [3.8, 4) is 11.8 Å². The molecule has 1 aromatic heterocycles. The summed E-state index contributed by atoms with van der Waals surface area (Å²) in [6.45, 7) is -2.13. The lowest BCUT2D eigenvalue weighted by Gasteiger charge is -2.39. The maximum Gasteiger partial charge on any atom is 0.417 e. The number of aliphatic hydroxyl groups is 1. The van der Waals surface area contributed by atoms with Gasteiger partial charge >= 0.3 is 12.8 Å². The predicted molar refractivity (Wildman–Crippen MR) is 94.6 cm³/mol. The molecule has 0 saturated carbocycles. The molecule has 1 aliphatic carbocycles. The molecule has 0 amide bonds. The Labute approximate surface area is 172 Å². The van der Waals surface area contributed by atoms with Crippen LogP contribution >= 0.6 is 0 Å². The number of nitriles is 1. The van der Waals surface area contributed by atoms with Crippen LogP contribution in [0.5, 0.6) is 5.75 Å². The minimum atomic E-state index is -4.88. The summed E-state index contributed by atoms with van der Waals surface area (Å²) in [7, 11) is 0. The summed E-state index contributed by atoms with van der Waals surface area (Å²) in [5.41, 5.74) is -3.21. The van der Waals surface area contributed by atoms with Crippen molar-refractivity contribution in [1.82, 2.24) is 4.57 Å². The standard InChI is InChI=1S/C20H17F6N3O2/c1-19(5-4-13(30)15-12(19)3-2-10(7-27)16(15)21)9-29-8-11(20(24,25)26)6-14(17(29)28)31-18(22)23/h2-3,6,8,13,18,28,30H,4-5,9H2,1H3/t13-,19+/m1/s1. The first-order valence-corrected chi connectivity index (χ1v) is 9.09. The van der Waals surface area contributed by atoms with Crippen molar-refractivity contribution in [2.75, 3.05) is 0 Å². The second kappa shape index (κ2) is 7.92. The van der Waals surface area contributed by atoms with Gasteiger partial charge < -0.3 is 14.4 Å². The number of hydrogen-bond acceptors (Lipinski definition) is 4. The fraction of sp³-hybridized carbons (Fsp3) is 0.400. The van der Waals surface area contributed by atoms with Gasteiger partial charge in [-0.1, -0.05) is 13.0 Å². The molecule has 2 atom stereocenters. The van der Waals surface area contributed by atoms with E-state index in [0.29, 0.717) is 12.3 Å². The summed E-state index contributed by atoms with van der Waals surface area (Å²) in [4.78, 5) is 0. The monoisotopic (exact) mass is 445 g/mol. The fourth-order valence-corrected chi connectivity index (χ4v) is 3.89. The van der Waals surface area contributed by atoms with Gasteiger partial charge in [0, 0.05) is 23.7 Å². The Morgan fingerprint density at radius 3 is 2.65 bits per heavy atom. The van der Waals surface area contributed by atoms with Crippen molar-refractivity contribution >= 4 is 0 Å². The molecule has 2 N–H and O–H groups in total. The highest BCUT2D eigenvalue weighted by Crippen LogP contribution is 2.44. The van der Waals surface area contributed by atoms with E-state index in [0.717, 1.165) is 4.57 Å². The van der Waals surface area contributed by atoms with Crippen molar-refractivity contribution in [1.29, 1.82) is 10.7 Å². The Kier molecular flexibility index (Phi) is 5.80. The van der Waals surface area contributed by atoms with Crippen LogP contribution in [0.15, 0.2) is 24.4 Å². The zero-order valence-corrected chi connectivity index (χ0v) is 16.1. The van der Waals surface area contributed by atoms with E-state index in [9.17, 15) is 31.4 Å². The molecule has 0 radical (unpaired) electrons. The summed E-state index contributed by atoms with van der Waals surface area (Å²) in [5.74, 6) is -1.87. The van der Waals surface area contributed by atoms with Crippen LogP contribution in [-0.2, 0) is 18.1 Å². The van der Waals surface area contributed by atoms with E-state index in [4.69, 9.17) is 10.7 Å². The van der Waals surface area contributed by atoms with E-state index in [1.165, 1.54) is 12.1 Å². The summed E-state index contributed by atoms with van der Waals surface area (Å²) < 4.78 is 84.8. The van der Waals surface area contributed by atoms with Gasteiger partial charge in [-0.05, 0) is 30.5 Å². The maximum atomic E-state index is 14.7. The number of benzene rings is 1. The van der Waals surface area contributed by atoms with Gasteiger partial charge in [0.1, 0.15) is 11.9 Å². The van der Waals surface area contributed by atoms with Crippen molar-refractivity contribution in [3.05, 3.63) is 58.0 Å². The van der Waals surface area contributed by atoms with Gasteiger partial charge in [0.05, 0.1) is 17.2 Å². The van der Waals surface area contributed by atoms with E-state index in [-0.39, 0.29) is 36.1 Å². The Morgan fingerprint density at radius 1 is 1.39 bits per heavy atom. The molecule has 166 valence electrons. The molecule has 3 rings (SSSR count). The summed E-state index contributed by atoms with van der Waals surface area (Å²) in [5, 5.41) is 27.3. The maximum absolute atomic E-state index is 14.7. The number of halogens is 6. The molecule has 5 nitrogen and oxygen atoms in total. The van der Waals surface area contributed by atoms with Crippen LogP contribution in [0.3, 0.4) is 0 Å². The minimum absolute atomic E-state index is 0.0581. The Bertz CT molecular complexity index is 1110. The van der Waals surface area contributed by atoms with Gasteiger partial charge in [-0.3, -0.25) is 5.41 Å². The lowest BCUT2D eigenvalue weighted by atomic mass is 9.69. The third-order valence-corrected chi connectivity index (χ3v) is 5.42. The van der Waals surface area contributed by atoms with E-state index < -0.39 is 46.9 Å². The molecule has 0 unspecified atom stereocenters. The molecule has 0 aliphatic heterocycles. The largest absolute Gasteiger partial charge is 0.431 e. The summed E-state index contributed by atoms with van der Waals surface area (Å²) in [6, 6.07) is 4.61. The number of rotatable bonds is 4. The van der Waals surface area contributed by atoms with Gasteiger partial charge in [0.2, 0.25) is 0 Å². The second-order valence-corrected chi connectivity index (χ2v) is 7.56. The molecule has 1 aliphatic rings. The van der Waals surface area contributed by atoms with Crippen molar-refractivity contribution < 1.29 is 36.2 Å². The third kappa shape index (κ3) is 4.25. The summed E-state index contributed by atoms with van der Waals surface area (Å²) >= 11 is 0. The van der Waals surface area contributed by atoms with Crippen LogP contribution in [0.2, 0.25) is 0 Å².